The quantitative estimate of drug-likeness (QED) is 0.744. The first-order valence-electron chi connectivity index (χ1n) is 7.60. The Morgan fingerprint density at radius 3 is 2.50 bits per heavy atom. The molecule has 1 N–H and O–H groups in total. The maximum absolute atomic E-state index is 12.0. The largest absolute Gasteiger partial charge is 0.497 e. The van der Waals surface area contributed by atoms with Crippen molar-refractivity contribution >= 4 is 23.0 Å². The van der Waals surface area contributed by atoms with Gasteiger partial charge in [-0.25, -0.2) is 0 Å². The van der Waals surface area contributed by atoms with Gasteiger partial charge in [-0.05, 0) is 31.2 Å². The molecule has 0 saturated carbocycles. The fraction of sp³-hybridized carbons (Fsp3) is 0.333. The highest BCUT2D eigenvalue weighted by atomic mass is 32.1. The molecule has 0 aliphatic heterocycles. The lowest BCUT2D eigenvalue weighted by atomic mass is 10.1. The molecule has 6 heteroatoms. The number of hydrogen-bond acceptors (Lipinski definition) is 5. The molecule has 0 aliphatic carbocycles. The molecule has 2 rings (SSSR count). The van der Waals surface area contributed by atoms with Crippen LogP contribution >= 0.6 is 11.3 Å². The topological polar surface area (TPSA) is 64.6 Å². The molecule has 5 nitrogen and oxygen atoms in total. The van der Waals surface area contributed by atoms with Crippen molar-refractivity contribution in [2.45, 2.75) is 26.3 Å². The van der Waals surface area contributed by atoms with Gasteiger partial charge in [-0.2, -0.15) is 0 Å². The van der Waals surface area contributed by atoms with Crippen LogP contribution in [0.5, 0.6) is 11.5 Å². The number of Topliss-reactive ketones (excluding diaryl/α,β-unsaturated/α-hetero) is 1. The van der Waals surface area contributed by atoms with Crippen LogP contribution in [0.4, 0.5) is 0 Å². The fourth-order valence-electron chi connectivity index (χ4n) is 2.21. The summed E-state index contributed by atoms with van der Waals surface area (Å²) in [6.07, 6.45) is 0.389. The van der Waals surface area contributed by atoms with Gasteiger partial charge in [0, 0.05) is 35.9 Å². The van der Waals surface area contributed by atoms with Gasteiger partial charge in [-0.3, -0.25) is 9.59 Å². The maximum Gasteiger partial charge on any atom is 0.220 e. The molecular weight excluding hydrogens is 326 g/mol. The van der Waals surface area contributed by atoms with E-state index in [0.717, 1.165) is 10.4 Å². The van der Waals surface area contributed by atoms with Gasteiger partial charge in [0.15, 0.2) is 5.78 Å². The van der Waals surface area contributed by atoms with E-state index >= 15 is 0 Å². The average molecular weight is 347 g/mol. The van der Waals surface area contributed by atoms with Crippen molar-refractivity contribution in [1.82, 2.24) is 5.32 Å². The molecule has 0 aliphatic rings. The Labute approximate surface area is 145 Å². The standard InChI is InChI=1S/C18H21NO4S/c1-12-4-8-17(24-12)15(20)7-9-18(21)19-11-13-5-6-14(22-2)10-16(13)23-3/h4-6,8,10H,7,9,11H2,1-3H3,(H,19,21). The Bertz CT molecular complexity index is 724. The van der Waals surface area contributed by atoms with E-state index in [1.807, 2.05) is 31.2 Å². The molecule has 0 spiro atoms. The summed E-state index contributed by atoms with van der Waals surface area (Å²) in [5, 5.41) is 2.81. The maximum atomic E-state index is 12.0. The Morgan fingerprint density at radius 2 is 1.88 bits per heavy atom. The second-order valence-electron chi connectivity index (χ2n) is 5.29. The van der Waals surface area contributed by atoms with Crippen molar-refractivity contribution in [2.24, 2.45) is 0 Å². The van der Waals surface area contributed by atoms with Gasteiger partial charge in [0.25, 0.3) is 0 Å². The highest BCUT2D eigenvalue weighted by Crippen LogP contribution is 2.24. The number of carbonyl (C=O) groups excluding carboxylic acids is 2. The molecule has 0 radical (unpaired) electrons. The van der Waals surface area contributed by atoms with Crippen LogP contribution in [-0.4, -0.2) is 25.9 Å². The van der Waals surface area contributed by atoms with E-state index in [0.29, 0.717) is 22.9 Å². The lowest BCUT2D eigenvalue weighted by molar-refractivity contribution is -0.121. The first-order chi connectivity index (χ1) is 11.5. The van der Waals surface area contributed by atoms with Crippen molar-refractivity contribution in [3.63, 3.8) is 0 Å². The number of rotatable bonds is 8. The van der Waals surface area contributed by atoms with Gasteiger partial charge in [-0.15, -0.1) is 11.3 Å². The number of benzene rings is 1. The number of thiophene rings is 1. The minimum atomic E-state index is -0.158. The van der Waals surface area contributed by atoms with Crippen LogP contribution in [0.1, 0.15) is 33.0 Å². The minimum absolute atomic E-state index is 0.00489. The predicted octanol–water partition coefficient (Wildman–Crippen LogP) is 3.35. The zero-order valence-electron chi connectivity index (χ0n) is 14.0. The van der Waals surface area contributed by atoms with E-state index in [4.69, 9.17) is 9.47 Å². The third kappa shape index (κ3) is 4.83. The fourth-order valence-corrected chi connectivity index (χ4v) is 3.05. The average Bonchev–Trinajstić information content (AvgIpc) is 3.04. The third-order valence-corrected chi connectivity index (χ3v) is 4.61. The second-order valence-corrected chi connectivity index (χ2v) is 6.58. The summed E-state index contributed by atoms with van der Waals surface area (Å²) < 4.78 is 10.4. The van der Waals surface area contributed by atoms with Gasteiger partial charge < -0.3 is 14.8 Å². The second kappa shape index (κ2) is 8.49. The van der Waals surface area contributed by atoms with Crippen LogP contribution in [0.25, 0.3) is 0 Å². The molecule has 0 unspecified atom stereocenters. The molecule has 0 bridgehead atoms. The van der Waals surface area contributed by atoms with E-state index < -0.39 is 0 Å². The van der Waals surface area contributed by atoms with E-state index in [-0.39, 0.29) is 24.5 Å². The molecule has 128 valence electrons. The number of aryl methyl sites for hydroxylation is 1. The van der Waals surface area contributed by atoms with Crippen LogP contribution in [0.15, 0.2) is 30.3 Å². The van der Waals surface area contributed by atoms with Crippen molar-refractivity contribution < 1.29 is 19.1 Å². The number of amides is 1. The third-order valence-electron chi connectivity index (χ3n) is 3.56. The first-order valence-corrected chi connectivity index (χ1v) is 8.42. The lowest BCUT2D eigenvalue weighted by Gasteiger charge is -2.11. The summed E-state index contributed by atoms with van der Waals surface area (Å²) in [5.41, 5.74) is 0.854. The summed E-state index contributed by atoms with van der Waals surface area (Å²) in [6.45, 7) is 2.30. The first kappa shape index (κ1) is 18.0. The van der Waals surface area contributed by atoms with Gasteiger partial charge in [0.2, 0.25) is 5.91 Å². The van der Waals surface area contributed by atoms with Gasteiger partial charge in [0.05, 0.1) is 19.1 Å². The summed E-state index contributed by atoms with van der Waals surface area (Å²) in [5.74, 6) is 1.19. The van der Waals surface area contributed by atoms with Crippen molar-refractivity contribution in [3.05, 3.63) is 45.6 Å². The zero-order chi connectivity index (χ0) is 17.5. The molecule has 1 amide bonds. The highest BCUT2D eigenvalue weighted by Gasteiger charge is 2.12. The van der Waals surface area contributed by atoms with Crippen molar-refractivity contribution in [1.29, 1.82) is 0 Å². The van der Waals surface area contributed by atoms with Crippen LogP contribution < -0.4 is 14.8 Å². The Balaban J connectivity index is 1.84. The van der Waals surface area contributed by atoms with Crippen LogP contribution in [0.2, 0.25) is 0 Å². The molecule has 0 saturated heterocycles. The molecular formula is C18H21NO4S. The summed E-state index contributed by atoms with van der Waals surface area (Å²) >= 11 is 1.46. The molecule has 1 aromatic heterocycles. The van der Waals surface area contributed by atoms with Gasteiger partial charge in [0.1, 0.15) is 11.5 Å². The molecule has 1 heterocycles. The number of carbonyl (C=O) groups is 2. The minimum Gasteiger partial charge on any atom is -0.497 e. The summed E-state index contributed by atoms with van der Waals surface area (Å²) in [7, 11) is 3.16. The summed E-state index contributed by atoms with van der Waals surface area (Å²) in [4.78, 5) is 25.8. The summed E-state index contributed by atoms with van der Waals surface area (Å²) in [6, 6.07) is 9.14. The van der Waals surface area contributed by atoms with Crippen molar-refractivity contribution in [2.75, 3.05) is 14.2 Å². The number of ether oxygens (including phenoxy) is 2. The lowest BCUT2D eigenvalue weighted by Crippen LogP contribution is -2.23. The monoisotopic (exact) mass is 347 g/mol. The smallest absolute Gasteiger partial charge is 0.220 e. The van der Waals surface area contributed by atoms with Crippen LogP contribution in [0.3, 0.4) is 0 Å². The highest BCUT2D eigenvalue weighted by molar-refractivity contribution is 7.14. The molecule has 2 aromatic rings. The number of hydrogen-bond donors (Lipinski definition) is 1. The Hall–Kier alpha value is -2.34. The van der Waals surface area contributed by atoms with E-state index in [2.05, 4.69) is 5.32 Å². The van der Waals surface area contributed by atoms with Gasteiger partial charge >= 0.3 is 0 Å². The SMILES string of the molecule is COc1ccc(CNC(=O)CCC(=O)c2ccc(C)s2)c(OC)c1. The van der Waals surface area contributed by atoms with Crippen LogP contribution in [0, 0.1) is 6.92 Å². The number of methoxy groups -OCH3 is 2. The Kier molecular flexibility index (Phi) is 6.37. The van der Waals surface area contributed by atoms with Crippen molar-refractivity contribution in [3.8, 4) is 11.5 Å². The number of nitrogens with one attached hydrogen (secondary N) is 1. The predicted molar refractivity (Wildman–Crippen MR) is 94.0 cm³/mol. The van der Waals surface area contributed by atoms with E-state index in [1.165, 1.54) is 11.3 Å². The molecule has 1 aromatic carbocycles. The molecule has 0 atom stereocenters. The molecule has 24 heavy (non-hydrogen) atoms. The Morgan fingerprint density at radius 1 is 1.08 bits per heavy atom. The van der Waals surface area contributed by atoms with E-state index in [9.17, 15) is 9.59 Å². The van der Waals surface area contributed by atoms with Crippen LogP contribution in [-0.2, 0) is 11.3 Å². The van der Waals surface area contributed by atoms with Gasteiger partial charge in [-0.1, -0.05) is 0 Å². The molecule has 0 fully saturated rings. The normalized spacial score (nSPS) is 10.3. The number of ketones is 1. The van der Waals surface area contributed by atoms with E-state index in [1.54, 1.807) is 20.3 Å². The zero-order valence-corrected chi connectivity index (χ0v) is 14.9.